The van der Waals surface area contributed by atoms with Crippen LogP contribution >= 0.6 is 0 Å². The van der Waals surface area contributed by atoms with Gasteiger partial charge in [0.2, 0.25) is 5.91 Å². The van der Waals surface area contributed by atoms with E-state index in [0.29, 0.717) is 19.3 Å². The molecule has 0 radical (unpaired) electrons. The lowest BCUT2D eigenvalue weighted by Gasteiger charge is -2.15. The molecule has 0 spiro atoms. The first-order valence-electron chi connectivity index (χ1n) is 6.28. The van der Waals surface area contributed by atoms with Crippen LogP contribution in [0.25, 0.3) is 0 Å². The zero-order valence-electron chi connectivity index (χ0n) is 10.5. The molecule has 98 valence electrons. The van der Waals surface area contributed by atoms with Gasteiger partial charge in [-0.2, -0.15) is 0 Å². The highest BCUT2D eigenvalue weighted by molar-refractivity contribution is 5.77. The maximum Gasteiger partial charge on any atom is 0.306 e. The molecule has 0 bridgehead atoms. The summed E-state index contributed by atoms with van der Waals surface area (Å²) >= 11 is 0. The Bertz CT molecular complexity index is 281. The smallest absolute Gasteiger partial charge is 0.306 e. The molecule has 3 unspecified atom stereocenters. The highest BCUT2D eigenvalue weighted by Gasteiger charge is 2.30. The van der Waals surface area contributed by atoms with E-state index in [2.05, 4.69) is 10.6 Å². The second-order valence-corrected chi connectivity index (χ2v) is 4.78. The van der Waals surface area contributed by atoms with Crippen molar-refractivity contribution in [2.24, 2.45) is 5.92 Å². The second kappa shape index (κ2) is 6.59. The molecule has 1 aliphatic rings. The van der Waals surface area contributed by atoms with Gasteiger partial charge >= 0.3 is 5.97 Å². The molecule has 1 aliphatic carbocycles. The highest BCUT2D eigenvalue weighted by atomic mass is 16.4. The number of rotatable bonds is 6. The van der Waals surface area contributed by atoms with Crippen molar-refractivity contribution >= 4 is 11.9 Å². The van der Waals surface area contributed by atoms with Gasteiger partial charge in [0, 0.05) is 18.5 Å². The van der Waals surface area contributed by atoms with E-state index in [1.807, 2.05) is 13.8 Å². The molecule has 3 N–H and O–H groups in total. The normalized spacial score (nSPS) is 25.5. The van der Waals surface area contributed by atoms with Crippen molar-refractivity contribution in [3.63, 3.8) is 0 Å². The van der Waals surface area contributed by atoms with Gasteiger partial charge in [-0.25, -0.2) is 0 Å². The van der Waals surface area contributed by atoms with Gasteiger partial charge in [-0.05, 0) is 32.7 Å². The summed E-state index contributed by atoms with van der Waals surface area (Å²) < 4.78 is 0. The Morgan fingerprint density at radius 2 is 2.12 bits per heavy atom. The van der Waals surface area contributed by atoms with E-state index in [1.165, 1.54) is 0 Å². The Labute approximate surface area is 102 Å². The van der Waals surface area contributed by atoms with Gasteiger partial charge in [0.25, 0.3) is 0 Å². The lowest BCUT2D eigenvalue weighted by atomic mass is 10.1. The summed E-state index contributed by atoms with van der Waals surface area (Å²) in [6, 6.07) is 0.203. The summed E-state index contributed by atoms with van der Waals surface area (Å²) in [5, 5.41) is 14.9. The first kappa shape index (κ1) is 14.0. The number of aliphatic carboxylic acids is 1. The van der Waals surface area contributed by atoms with E-state index < -0.39 is 5.97 Å². The van der Waals surface area contributed by atoms with Crippen molar-refractivity contribution < 1.29 is 14.7 Å². The van der Waals surface area contributed by atoms with Crippen molar-refractivity contribution in [2.45, 2.75) is 51.6 Å². The lowest BCUT2D eigenvalue weighted by molar-refractivity contribution is -0.141. The van der Waals surface area contributed by atoms with Gasteiger partial charge in [0.1, 0.15) is 0 Å². The van der Waals surface area contributed by atoms with E-state index >= 15 is 0 Å². The summed E-state index contributed by atoms with van der Waals surface area (Å²) in [4.78, 5) is 22.4. The summed E-state index contributed by atoms with van der Waals surface area (Å²) in [6.07, 6.45) is 2.46. The van der Waals surface area contributed by atoms with Crippen LogP contribution in [-0.2, 0) is 9.59 Å². The maximum absolute atomic E-state index is 11.7. The molecule has 0 aromatic rings. The Kier molecular flexibility index (Phi) is 5.41. The van der Waals surface area contributed by atoms with Crippen LogP contribution in [-0.4, -0.2) is 35.6 Å². The van der Waals surface area contributed by atoms with Gasteiger partial charge in [-0.15, -0.1) is 0 Å². The quantitative estimate of drug-likeness (QED) is 0.642. The number of hydrogen-bond donors (Lipinski definition) is 3. The molecule has 1 amide bonds. The van der Waals surface area contributed by atoms with E-state index in [-0.39, 0.29) is 23.9 Å². The number of hydrogen-bond acceptors (Lipinski definition) is 3. The van der Waals surface area contributed by atoms with Gasteiger partial charge in [-0.3, -0.25) is 9.59 Å². The Balaban J connectivity index is 2.26. The summed E-state index contributed by atoms with van der Waals surface area (Å²) in [6.45, 7) is 4.82. The molecule has 5 heteroatoms. The van der Waals surface area contributed by atoms with Crippen LogP contribution in [0.3, 0.4) is 0 Å². The molecule has 3 atom stereocenters. The number of nitrogens with one attached hydrogen (secondary N) is 2. The monoisotopic (exact) mass is 242 g/mol. The fraction of sp³-hybridized carbons (Fsp3) is 0.833. The lowest BCUT2D eigenvalue weighted by Crippen LogP contribution is -2.38. The third-order valence-electron chi connectivity index (χ3n) is 3.19. The molecule has 0 heterocycles. The standard InChI is InChI=1S/C12H22N2O3/c1-3-13-8(2)6-11(15)14-10-5-4-9(7-10)12(16)17/h8-10,13H,3-7H2,1-2H3,(H,14,15)(H,16,17). The molecular weight excluding hydrogens is 220 g/mol. The van der Waals surface area contributed by atoms with Gasteiger partial charge in [-0.1, -0.05) is 6.92 Å². The van der Waals surface area contributed by atoms with Gasteiger partial charge < -0.3 is 15.7 Å². The van der Waals surface area contributed by atoms with Crippen LogP contribution in [0.15, 0.2) is 0 Å². The zero-order chi connectivity index (χ0) is 12.8. The van der Waals surface area contributed by atoms with E-state index in [4.69, 9.17) is 5.11 Å². The average Bonchev–Trinajstić information content (AvgIpc) is 2.66. The molecule has 1 rings (SSSR count). The number of carboxylic acids is 1. The first-order valence-corrected chi connectivity index (χ1v) is 6.28. The van der Waals surface area contributed by atoms with E-state index in [1.54, 1.807) is 0 Å². The van der Waals surface area contributed by atoms with Crippen molar-refractivity contribution in [1.82, 2.24) is 10.6 Å². The van der Waals surface area contributed by atoms with Crippen molar-refractivity contribution in [1.29, 1.82) is 0 Å². The highest BCUT2D eigenvalue weighted by Crippen LogP contribution is 2.25. The summed E-state index contributed by atoms with van der Waals surface area (Å²) in [5.74, 6) is -1.02. The number of amides is 1. The third kappa shape index (κ3) is 4.73. The maximum atomic E-state index is 11.7. The average molecular weight is 242 g/mol. The first-order chi connectivity index (χ1) is 8.02. The van der Waals surface area contributed by atoms with Crippen LogP contribution in [0, 0.1) is 5.92 Å². The minimum Gasteiger partial charge on any atom is -0.481 e. The number of carboxylic acid groups (broad SMARTS) is 1. The van der Waals surface area contributed by atoms with Gasteiger partial charge in [0.15, 0.2) is 0 Å². The van der Waals surface area contributed by atoms with Crippen molar-refractivity contribution in [3.05, 3.63) is 0 Å². The number of carbonyl (C=O) groups is 2. The topological polar surface area (TPSA) is 78.4 Å². The molecule has 17 heavy (non-hydrogen) atoms. The Morgan fingerprint density at radius 3 is 2.65 bits per heavy atom. The molecule has 0 aliphatic heterocycles. The summed E-state index contributed by atoms with van der Waals surface area (Å²) in [5.41, 5.74) is 0. The van der Waals surface area contributed by atoms with E-state index in [9.17, 15) is 9.59 Å². The molecular formula is C12H22N2O3. The minimum absolute atomic E-state index is 0.00879. The Morgan fingerprint density at radius 1 is 1.41 bits per heavy atom. The zero-order valence-corrected chi connectivity index (χ0v) is 10.5. The van der Waals surface area contributed by atoms with Crippen LogP contribution in [0.5, 0.6) is 0 Å². The van der Waals surface area contributed by atoms with Crippen LogP contribution in [0.1, 0.15) is 39.5 Å². The molecule has 1 fully saturated rings. The van der Waals surface area contributed by atoms with Crippen molar-refractivity contribution in [2.75, 3.05) is 6.54 Å². The second-order valence-electron chi connectivity index (χ2n) is 4.78. The van der Waals surface area contributed by atoms with Crippen LogP contribution < -0.4 is 10.6 Å². The largest absolute Gasteiger partial charge is 0.481 e. The fourth-order valence-corrected chi connectivity index (χ4v) is 2.32. The van der Waals surface area contributed by atoms with Gasteiger partial charge in [0.05, 0.1) is 5.92 Å². The van der Waals surface area contributed by atoms with E-state index in [0.717, 1.165) is 13.0 Å². The third-order valence-corrected chi connectivity index (χ3v) is 3.19. The van der Waals surface area contributed by atoms with Crippen molar-refractivity contribution in [3.8, 4) is 0 Å². The predicted molar refractivity (Wildman–Crippen MR) is 64.7 cm³/mol. The summed E-state index contributed by atoms with van der Waals surface area (Å²) in [7, 11) is 0. The van der Waals surface area contributed by atoms with Crippen LogP contribution in [0.2, 0.25) is 0 Å². The predicted octanol–water partition coefficient (Wildman–Crippen LogP) is 0.744. The Hall–Kier alpha value is -1.10. The molecule has 0 saturated heterocycles. The molecule has 0 aromatic carbocycles. The SMILES string of the molecule is CCNC(C)CC(=O)NC1CCC(C(=O)O)C1. The van der Waals surface area contributed by atoms with Crippen LogP contribution in [0.4, 0.5) is 0 Å². The molecule has 1 saturated carbocycles. The minimum atomic E-state index is -0.747. The fourth-order valence-electron chi connectivity index (χ4n) is 2.32. The molecule has 5 nitrogen and oxygen atoms in total. The molecule has 0 aromatic heterocycles. The number of carbonyl (C=O) groups excluding carboxylic acids is 1.